The molecule has 0 bridgehead atoms. The topological polar surface area (TPSA) is 36.9 Å². The second-order valence-electron chi connectivity index (χ2n) is 8.00. The van der Waals surface area contributed by atoms with Crippen LogP contribution in [0.25, 0.3) is 0 Å². The van der Waals surface area contributed by atoms with Crippen LogP contribution in [0.4, 0.5) is 0 Å². The zero-order valence-corrected chi connectivity index (χ0v) is 21.8. The Morgan fingerprint density at radius 2 is 1.07 bits per heavy atom. The van der Waals surface area contributed by atoms with Gasteiger partial charge >= 0.3 is 194 Å². The summed E-state index contributed by atoms with van der Waals surface area (Å²) < 4.78 is 23.1. The first-order chi connectivity index (χ1) is 14.8. The van der Waals surface area contributed by atoms with Crippen LogP contribution in [0.2, 0.25) is 0 Å². The molecule has 4 rings (SSSR count). The third-order valence-corrected chi connectivity index (χ3v) is 8.32. The molecule has 2 aromatic rings. The van der Waals surface area contributed by atoms with Crippen molar-refractivity contribution in [1.29, 1.82) is 0 Å². The van der Waals surface area contributed by atoms with Crippen LogP contribution in [0.1, 0.15) is 78.1 Å². The molecule has 0 saturated carbocycles. The summed E-state index contributed by atoms with van der Waals surface area (Å²) in [5.41, 5.74) is 0. The van der Waals surface area contributed by atoms with Crippen LogP contribution in [0, 0.1) is 0 Å². The summed E-state index contributed by atoms with van der Waals surface area (Å²) in [6, 6.07) is 0. The second-order valence-corrected chi connectivity index (χ2v) is 11.1. The van der Waals surface area contributed by atoms with Crippen molar-refractivity contribution in [2.75, 3.05) is 13.2 Å². The van der Waals surface area contributed by atoms with Crippen LogP contribution in [0.5, 0.6) is 23.0 Å². The molecule has 4 nitrogen and oxygen atoms in total. The van der Waals surface area contributed by atoms with Crippen LogP contribution in [0.15, 0.2) is 19.8 Å². The normalized spacial score (nSPS) is 19.1. The summed E-state index contributed by atoms with van der Waals surface area (Å²) in [5.74, 6) is 3.98. The number of hydrogen-bond donors (Lipinski definition) is 0. The SMILES string of the molecule is CCCCCCC1COc2c[se]cc2O1.CCCCCC[C@@H]1COc2c[se]cc2O1. The van der Waals surface area contributed by atoms with E-state index < -0.39 is 0 Å². The number of hydrogen-bond acceptors (Lipinski definition) is 4. The zero-order valence-electron chi connectivity index (χ0n) is 18.4. The number of fused-ring (bicyclic) bond motifs is 2. The number of unbranched alkanes of at least 4 members (excludes halogenated alkanes) is 6. The van der Waals surface area contributed by atoms with Crippen LogP contribution in [-0.2, 0) is 0 Å². The Balaban J connectivity index is 0.000000171. The van der Waals surface area contributed by atoms with Crippen molar-refractivity contribution in [3.05, 3.63) is 19.8 Å². The van der Waals surface area contributed by atoms with Gasteiger partial charge in [0.25, 0.3) is 0 Å². The maximum absolute atomic E-state index is 5.87. The van der Waals surface area contributed by atoms with Crippen LogP contribution in [0.3, 0.4) is 0 Å². The van der Waals surface area contributed by atoms with Gasteiger partial charge in [-0.15, -0.1) is 0 Å². The summed E-state index contributed by atoms with van der Waals surface area (Å²) in [5, 5.41) is 0. The fourth-order valence-electron chi connectivity index (χ4n) is 3.60. The second kappa shape index (κ2) is 13.6. The Hall–Kier alpha value is -0.801. The van der Waals surface area contributed by atoms with Crippen molar-refractivity contribution < 1.29 is 18.9 Å². The average Bonchev–Trinajstić information content (AvgIpc) is 3.43. The summed E-state index contributed by atoms with van der Waals surface area (Å²) in [6.07, 6.45) is 13.3. The molecule has 0 saturated heterocycles. The molecule has 0 aliphatic carbocycles. The Morgan fingerprint density at radius 1 is 0.633 bits per heavy atom. The summed E-state index contributed by atoms with van der Waals surface area (Å²) >= 11 is 0.920. The molecule has 4 heterocycles. The van der Waals surface area contributed by atoms with Gasteiger partial charge in [-0.1, -0.05) is 0 Å². The van der Waals surface area contributed by atoms with E-state index in [1.807, 2.05) is 0 Å². The summed E-state index contributed by atoms with van der Waals surface area (Å²) in [7, 11) is 0. The summed E-state index contributed by atoms with van der Waals surface area (Å²) in [6.45, 7) is 5.96. The van der Waals surface area contributed by atoms with E-state index in [1.54, 1.807) is 0 Å². The monoisotopic (exact) mass is 548 g/mol. The molecule has 2 atom stereocenters. The van der Waals surface area contributed by atoms with Gasteiger partial charge in [-0.2, -0.15) is 0 Å². The van der Waals surface area contributed by atoms with Crippen molar-refractivity contribution in [3.8, 4) is 23.0 Å². The van der Waals surface area contributed by atoms with Gasteiger partial charge in [0.15, 0.2) is 0 Å². The molecular weight excluding hydrogens is 510 g/mol. The zero-order chi connectivity index (χ0) is 21.0. The van der Waals surface area contributed by atoms with Crippen LogP contribution in [-0.4, -0.2) is 54.4 Å². The van der Waals surface area contributed by atoms with E-state index in [2.05, 4.69) is 33.6 Å². The third-order valence-electron chi connectivity index (χ3n) is 5.38. The number of ether oxygens (including phenoxy) is 4. The summed E-state index contributed by atoms with van der Waals surface area (Å²) in [4.78, 5) is 8.63. The third kappa shape index (κ3) is 7.71. The van der Waals surface area contributed by atoms with Gasteiger partial charge in [-0.3, -0.25) is 0 Å². The van der Waals surface area contributed by atoms with E-state index in [-0.39, 0.29) is 0 Å². The molecule has 0 amide bonds. The molecule has 0 fully saturated rings. The Morgan fingerprint density at radius 3 is 1.50 bits per heavy atom. The van der Waals surface area contributed by atoms with E-state index in [9.17, 15) is 0 Å². The van der Waals surface area contributed by atoms with Crippen molar-refractivity contribution in [2.45, 2.75) is 90.3 Å². The molecule has 0 radical (unpaired) electrons. The molecule has 0 N–H and O–H groups in total. The molecule has 168 valence electrons. The van der Waals surface area contributed by atoms with Crippen molar-refractivity contribution in [1.82, 2.24) is 0 Å². The van der Waals surface area contributed by atoms with Crippen molar-refractivity contribution in [2.24, 2.45) is 0 Å². The first-order valence-electron chi connectivity index (χ1n) is 11.5. The minimum atomic E-state index is 0.291. The fourth-order valence-corrected chi connectivity index (χ4v) is 6.42. The number of rotatable bonds is 10. The molecule has 0 aromatic carbocycles. The molecule has 2 aliphatic rings. The first-order valence-corrected chi connectivity index (χ1v) is 15.5. The molecule has 6 heteroatoms. The fraction of sp³-hybridized carbons (Fsp3) is 0.667. The van der Waals surface area contributed by atoms with E-state index in [0.717, 1.165) is 49.1 Å². The standard InChI is InChI=1S/2C12H18O2Se/c2*1-2-3-4-5-6-10-7-13-11-8-15-9-12(11)14-10/h2*8-10H,2-7H2,1H3/t10-;/m1./s1. The minimum absolute atomic E-state index is 0.291. The van der Waals surface area contributed by atoms with E-state index in [1.165, 1.54) is 51.4 Å². The molecule has 30 heavy (non-hydrogen) atoms. The average molecular weight is 546 g/mol. The molecule has 1 unspecified atom stereocenters. The van der Waals surface area contributed by atoms with Crippen molar-refractivity contribution >= 4 is 29.0 Å². The first kappa shape index (κ1) is 23.9. The van der Waals surface area contributed by atoms with Crippen LogP contribution >= 0.6 is 0 Å². The van der Waals surface area contributed by atoms with Gasteiger partial charge < -0.3 is 0 Å². The van der Waals surface area contributed by atoms with Gasteiger partial charge in [0.1, 0.15) is 0 Å². The van der Waals surface area contributed by atoms with E-state index in [0.29, 0.717) is 41.2 Å². The Bertz CT molecular complexity index is 651. The van der Waals surface area contributed by atoms with Gasteiger partial charge in [0.05, 0.1) is 0 Å². The van der Waals surface area contributed by atoms with Gasteiger partial charge in [0.2, 0.25) is 0 Å². The predicted octanol–water partition coefficient (Wildman–Crippen LogP) is 5.71. The quantitative estimate of drug-likeness (QED) is 0.283. The maximum atomic E-state index is 5.87. The van der Waals surface area contributed by atoms with Gasteiger partial charge in [-0.05, 0) is 0 Å². The van der Waals surface area contributed by atoms with Crippen LogP contribution < -0.4 is 18.9 Å². The molecular formula is C24H36O4Se2. The Labute approximate surface area is 193 Å². The molecule has 0 spiro atoms. The van der Waals surface area contributed by atoms with Gasteiger partial charge in [0, 0.05) is 0 Å². The van der Waals surface area contributed by atoms with E-state index in [4.69, 9.17) is 18.9 Å². The molecule has 2 aliphatic heterocycles. The van der Waals surface area contributed by atoms with Crippen molar-refractivity contribution in [3.63, 3.8) is 0 Å². The predicted molar refractivity (Wildman–Crippen MR) is 124 cm³/mol. The van der Waals surface area contributed by atoms with Gasteiger partial charge in [-0.25, -0.2) is 0 Å². The Kier molecular flexibility index (Phi) is 10.8. The molecule has 2 aromatic heterocycles. The van der Waals surface area contributed by atoms with E-state index >= 15 is 0 Å².